The summed E-state index contributed by atoms with van der Waals surface area (Å²) in [4.78, 5) is 0. The zero-order valence-electron chi connectivity index (χ0n) is 12.5. The van der Waals surface area contributed by atoms with Gasteiger partial charge in [0, 0.05) is 27.4 Å². The molecule has 0 aliphatic carbocycles. The van der Waals surface area contributed by atoms with Crippen molar-refractivity contribution >= 4 is 0 Å². The minimum absolute atomic E-state index is 0.110. The molecule has 1 aromatic carbocycles. The molecule has 3 nitrogen and oxygen atoms in total. The molecule has 1 atom stereocenters. The molecular formula is C16H26FNO2. The third kappa shape index (κ3) is 6.98. The number of halogens is 1. The van der Waals surface area contributed by atoms with E-state index in [2.05, 4.69) is 5.32 Å². The van der Waals surface area contributed by atoms with Crippen LogP contribution in [0.1, 0.15) is 18.4 Å². The molecule has 1 N–H and O–H groups in total. The van der Waals surface area contributed by atoms with Crippen LogP contribution in [0.3, 0.4) is 0 Å². The first-order chi connectivity index (χ1) is 9.77. The summed E-state index contributed by atoms with van der Waals surface area (Å²) in [6, 6.07) is 7.02. The summed E-state index contributed by atoms with van der Waals surface area (Å²) in [5.41, 5.74) is 0.795. The molecule has 0 fully saturated rings. The molecule has 20 heavy (non-hydrogen) atoms. The van der Waals surface area contributed by atoms with Crippen molar-refractivity contribution in [2.45, 2.75) is 19.3 Å². The molecule has 0 spiro atoms. The lowest BCUT2D eigenvalue weighted by atomic mass is 9.94. The van der Waals surface area contributed by atoms with Gasteiger partial charge in [0.1, 0.15) is 5.82 Å². The zero-order valence-corrected chi connectivity index (χ0v) is 12.5. The first-order valence-corrected chi connectivity index (χ1v) is 7.20. The SMILES string of the molecule is COCCCC(CNCCOC)Cc1ccccc1F. The molecule has 1 rings (SSSR count). The Morgan fingerprint density at radius 1 is 1.15 bits per heavy atom. The highest BCUT2D eigenvalue weighted by molar-refractivity contribution is 5.17. The fourth-order valence-corrected chi connectivity index (χ4v) is 2.25. The Morgan fingerprint density at radius 2 is 1.90 bits per heavy atom. The van der Waals surface area contributed by atoms with Gasteiger partial charge >= 0.3 is 0 Å². The number of rotatable bonds is 11. The van der Waals surface area contributed by atoms with E-state index in [1.54, 1.807) is 20.3 Å². The van der Waals surface area contributed by atoms with E-state index in [1.807, 2.05) is 12.1 Å². The van der Waals surface area contributed by atoms with Gasteiger partial charge in [-0.25, -0.2) is 4.39 Å². The summed E-state index contributed by atoms with van der Waals surface area (Å²) in [6.45, 7) is 3.16. The lowest BCUT2D eigenvalue weighted by Gasteiger charge is -2.18. The Bertz CT molecular complexity index is 360. The lowest BCUT2D eigenvalue weighted by Crippen LogP contribution is -2.27. The van der Waals surface area contributed by atoms with E-state index in [9.17, 15) is 4.39 Å². The van der Waals surface area contributed by atoms with Crippen LogP contribution in [-0.4, -0.2) is 40.5 Å². The van der Waals surface area contributed by atoms with Crippen LogP contribution < -0.4 is 5.32 Å². The fourth-order valence-electron chi connectivity index (χ4n) is 2.25. The van der Waals surface area contributed by atoms with Crippen molar-refractivity contribution in [3.05, 3.63) is 35.6 Å². The summed E-state index contributed by atoms with van der Waals surface area (Å²) in [5, 5.41) is 3.36. The van der Waals surface area contributed by atoms with Crippen molar-refractivity contribution in [3.63, 3.8) is 0 Å². The predicted molar refractivity (Wildman–Crippen MR) is 79.4 cm³/mol. The third-order valence-corrected chi connectivity index (χ3v) is 3.34. The molecule has 4 heteroatoms. The highest BCUT2D eigenvalue weighted by atomic mass is 19.1. The van der Waals surface area contributed by atoms with Crippen molar-refractivity contribution in [1.82, 2.24) is 5.32 Å². The van der Waals surface area contributed by atoms with E-state index in [1.165, 1.54) is 6.07 Å². The molecule has 0 aliphatic rings. The number of hydrogen-bond acceptors (Lipinski definition) is 3. The van der Waals surface area contributed by atoms with Gasteiger partial charge in [0.25, 0.3) is 0 Å². The van der Waals surface area contributed by atoms with Crippen molar-refractivity contribution < 1.29 is 13.9 Å². The summed E-state index contributed by atoms with van der Waals surface area (Å²) < 4.78 is 23.8. The monoisotopic (exact) mass is 283 g/mol. The molecule has 0 heterocycles. The molecule has 1 unspecified atom stereocenters. The number of methoxy groups -OCH3 is 2. The second kappa shape index (κ2) is 10.8. The van der Waals surface area contributed by atoms with Crippen LogP contribution in [0, 0.1) is 11.7 Å². The first kappa shape index (κ1) is 17.1. The van der Waals surface area contributed by atoms with Crippen LogP contribution in [0.15, 0.2) is 24.3 Å². The lowest BCUT2D eigenvalue weighted by molar-refractivity contribution is 0.183. The molecule has 0 radical (unpaired) electrons. The van der Waals surface area contributed by atoms with Gasteiger partial charge in [-0.1, -0.05) is 18.2 Å². The van der Waals surface area contributed by atoms with Crippen LogP contribution in [-0.2, 0) is 15.9 Å². The predicted octanol–water partition coefficient (Wildman–Crippen LogP) is 2.65. The van der Waals surface area contributed by atoms with Crippen LogP contribution in [0.4, 0.5) is 4.39 Å². The molecule has 114 valence electrons. The van der Waals surface area contributed by atoms with Crippen LogP contribution in [0.25, 0.3) is 0 Å². The standard InChI is InChI=1S/C16H26FNO2/c1-19-10-5-6-14(13-18-9-11-20-2)12-15-7-3-4-8-16(15)17/h3-4,7-8,14,18H,5-6,9-13H2,1-2H3. The van der Waals surface area contributed by atoms with E-state index >= 15 is 0 Å². The Morgan fingerprint density at radius 3 is 2.60 bits per heavy atom. The average Bonchev–Trinajstić information content (AvgIpc) is 2.46. The van der Waals surface area contributed by atoms with Gasteiger partial charge in [-0.2, -0.15) is 0 Å². The van der Waals surface area contributed by atoms with Crippen molar-refractivity contribution in [1.29, 1.82) is 0 Å². The molecule has 0 aromatic heterocycles. The quantitative estimate of drug-likeness (QED) is 0.633. The van der Waals surface area contributed by atoms with E-state index in [0.29, 0.717) is 12.5 Å². The molecule has 0 bridgehead atoms. The topological polar surface area (TPSA) is 30.5 Å². The third-order valence-electron chi connectivity index (χ3n) is 3.34. The van der Waals surface area contributed by atoms with E-state index in [4.69, 9.17) is 9.47 Å². The Hall–Kier alpha value is -0.970. The van der Waals surface area contributed by atoms with Crippen molar-refractivity contribution in [2.24, 2.45) is 5.92 Å². The minimum Gasteiger partial charge on any atom is -0.385 e. The van der Waals surface area contributed by atoms with Gasteiger partial charge in [0.15, 0.2) is 0 Å². The van der Waals surface area contributed by atoms with Gasteiger partial charge in [-0.05, 0) is 43.4 Å². The maximum Gasteiger partial charge on any atom is 0.126 e. The fraction of sp³-hybridized carbons (Fsp3) is 0.625. The number of ether oxygens (including phenoxy) is 2. The average molecular weight is 283 g/mol. The number of benzene rings is 1. The van der Waals surface area contributed by atoms with Gasteiger partial charge < -0.3 is 14.8 Å². The molecule has 0 saturated heterocycles. The normalized spacial score (nSPS) is 12.6. The highest BCUT2D eigenvalue weighted by Crippen LogP contribution is 2.16. The second-order valence-electron chi connectivity index (χ2n) is 4.99. The smallest absolute Gasteiger partial charge is 0.126 e. The van der Waals surface area contributed by atoms with Gasteiger partial charge in [0.05, 0.1) is 6.61 Å². The Kier molecular flexibility index (Phi) is 9.20. The summed E-state index contributed by atoms with van der Waals surface area (Å²) >= 11 is 0. The van der Waals surface area contributed by atoms with Gasteiger partial charge in [-0.3, -0.25) is 0 Å². The van der Waals surface area contributed by atoms with Crippen molar-refractivity contribution in [3.8, 4) is 0 Å². The number of hydrogen-bond donors (Lipinski definition) is 1. The molecule has 0 amide bonds. The number of nitrogens with one attached hydrogen (secondary N) is 1. The van der Waals surface area contributed by atoms with E-state index in [-0.39, 0.29) is 5.82 Å². The zero-order chi connectivity index (χ0) is 14.6. The summed E-state index contributed by atoms with van der Waals surface area (Å²) in [7, 11) is 3.40. The molecule has 0 aliphatic heterocycles. The van der Waals surface area contributed by atoms with Gasteiger partial charge in [0.2, 0.25) is 0 Å². The Balaban J connectivity index is 2.46. The van der Waals surface area contributed by atoms with Crippen LogP contribution in [0.5, 0.6) is 0 Å². The molecule has 0 saturated carbocycles. The first-order valence-electron chi connectivity index (χ1n) is 7.20. The summed E-state index contributed by atoms with van der Waals surface area (Å²) in [5.74, 6) is 0.306. The maximum absolute atomic E-state index is 13.7. The molecular weight excluding hydrogens is 257 g/mol. The minimum atomic E-state index is -0.110. The maximum atomic E-state index is 13.7. The molecule has 1 aromatic rings. The van der Waals surface area contributed by atoms with E-state index < -0.39 is 0 Å². The van der Waals surface area contributed by atoms with E-state index in [0.717, 1.165) is 44.5 Å². The highest BCUT2D eigenvalue weighted by Gasteiger charge is 2.12. The van der Waals surface area contributed by atoms with Crippen LogP contribution >= 0.6 is 0 Å². The van der Waals surface area contributed by atoms with Crippen LogP contribution in [0.2, 0.25) is 0 Å². The second-order valence-corrected chi connectivity index (χ2v) is 4.99. The largest absolute Gasteiger partial charge is 0.385 e. The van der Waals surface area contributed by atoms with Gasteiger partial charge in [-0.15, -0.1) is 0 Å². The summed E-state index contributed by atoms with van der Waals surface area (Å²) in [6.07, 6.45) is 2.79. The Labute approximate surface area is 121 Å². The van der Waals surface area contributed by atoms with Crippen molar-refractivity contribution in [2.75, 3.05) is 40.5 Å².